The van der Waals surface area contributed by atoms with Gasteiger partial charge in [-0.05, 0) is 24.6 Å². The van der Waals surface area contributed by atoms with Gasteiger partial charge in [0.25, 0.3) is 0 Å². The Kier molecular flexibility index (Phi) is 4.13. The Bertz CT molecular complexity index is 987. The fourth-order valence-corrected chi connectivity index (χ4v) is 2.79. The van der Waals surface area contributed by atoms with Crippen molar-refractivity contribution in [2.45, 2.75) is 19.9 Å². The van der Waals surface area contributed by atoms with Gasteiger partial charge in [0.15, 0.2) is 5.58 Å². The zero-order chi connectivity index (χ0) is 17.3. The molecule has 2 heterocycles. The van der Waals surface area contributed by atoms with Crippen LogP contribution in [0, 0.1) is 0 Å². The lowest BCUT2D eigenvalue weighted by molar-refractivity contribution is -0.116. The van der Waals surface area contributed by atoms with E-state index in [0.29, 0.717) is 17.1 Å². The Morgan fingerprint density at radius 1 is 1.38 bits per heavy atom. The number of aromatic carboxylic acids is 1. The van der Waals surface area contributed by atoms with Crippen LogP contribution in [-0.4, -0.2) is 31.7 Å². The summed E-state index contributed by atoms with van der Waals surface area (Å²) in [4.78, 5) is 34.9. The van der Waals surface area contributed by atoms with Gasteiger partial charge in [0.1, 0.15) is 11.6 Å². The zero-order valence-corrected chi connectivity index (χ0v) is 13.3. The number of nitrogens with one attached hydrogen (secondary N) is 1. The molecular weight excluding hydrogens is 336 g/mol. The van der Waals surface area contributed by atoms with Crippen LogP contribution in [0.5, 0.6) is 0 Å². The molecule has 0 spiro atoms. The summed E-state index contributed by atoms with van der Waals surface area (Å²) in [7, 11) is 0. The summed E-state index contributed by atoms with van der Waals surface area (Å²) in [5.41, 5.74) is 0.442. The van der Waals surface area contributed by atoms with Gasteiger partial charge in [-0.1, -0.05) is 18.3 Å². The molecule has 2 N–H and O–H groups in total. The van der Waals surface area contributed by atoms with Gasteiger partial charge in [-0.15, -0.1) is 10.2 Å². The van der Waals surface area contributed by atoms with Gasteiger partial charge in [0.05, 0.1) is 11.1 Å². The molecule has 1 aromatic carbocycles. The molecule has 0 radical (unpaired) electrons. The third kappa shape index (κ3) is 3.04. The molecule has 0 bridgehead atoms. The Labute approximate surface area is 138 Å². The number of anilines is 1. The number of aryl methyl sites for hydroxylation is 1. The van der Waals surface area contributed by atoms with Crippen LogP contribution in [-0.2, 0) is 17.8 Å². The highest BCUT2D eigenvalue weighted by Gasteiger charge is 2.15. The maximum atomic E-state index is 12.1. The number of rotatable bonds is 5. The molecule has 3 aromatic rings. The number of nitrogens with zero attached hydrogens (tertiary/aromatic N) is 3. The molecule has 0 fully saturated rings. The van der Waals surface area contributed by atoms with E-state index in [1.807, 2.05) is 6.92 Å². The SMILES string of the molecule is CCc1nnc(NC(=O)Cn2c(=O)oc3cc(C(=O)O)ccc32)s1. The second kappa shape index (κ2) is 6.24. The lowest BCUT2D eigenvalue weighted by Crippen LogP contribution is -2.24. The zero-order valence-electron chi connectivity index (χ0n) is 12.5. The monoisotopic (exact) mass is 348 g/mol. The van der Waals surface area contributed by atoms with E-state index >= 15 is 0 Å². The maximum Gasteiger partial charge on any atom is 0.420 e. The normalized spacial score (nSPS) is 10.9. The van der Waals surface area contributed by atoms with Crippen molar-refractivity contribution >= 4 is 39.4 Å². The Morgan fingerprint density at radius 2 is 2.17 bits per heavy atom. The molecule has 24 heavy (non-hydrogen) atoms. The molecule has 9 nitrogen and oxygen atoms in total. The Balaban J connectivity index is 1.84. The van der Waals surface area contributed by atoms with Crippen molar-refractivity contribution < 1.29 is 19.1 Å². The van der Waals surface area contributed by atoms with E-state index in [1.54, 1.807) is 0 Å². The van der Waals surface area contributed by atoms with Gasteiger partial charge < -0.3 is 9.52 Å². The van der Waals surface area contributed by atoms with Crippen molar-refractivity contribution in [2.24, 2.45) is 0 Å². The predicted molar refractivity (Wildman–Crippen MR) is 85.4 cm³/mol. The molecule has 0 aliphatic heterocycles. The number of amides is 1. The number of oxazole rings is 1. The predicted octanol–water partition coefficient (Wildman–Crippen LogP) is 1.35. The van der Waals surface area contributed by atoms with Gasteiger partial charge in [0.2, 0.25) is 11.0 Å². The van der Waals surface area contributed by atoms with Gasteiger partial charge in [-0.25, -0.2) is 9.59 Å². The molecule has 124 valence electrons. The van der Waals surface area contributed by atoms with Crippen LogP contribution in [0.1, 0.15) is 22.3 Å². The molecule has 0 aliphatic rings. The van der Waals surface area contributed by atoms with Gasteiger partial charge in [0, 0.05) is 0 Å². The number of carboxylic acid groups (broad SMARTS) is 1. The van der Waals surface area contributed by atoms with E-state index in [0.717, 1.165) is 9.57 Å². The maximum absolute atomic E-state index is 12.1. The average molecular weight is 348 g/mol. The largest absolute Gasteiger partial charge is 0.478 e. The van der Waals surface area contributed by atoms with Crippen molar-refractivity contribution in [3.63, 3.8) is 0 Å². The highest BCUT2D eigenvalue weighted by atomic mass is 32.1. The molecule has 0 unspecified atom stereocenters. The summed E-state index contributed by atoms with van der Waals surface area (Å²) in [6, 6.07) is 4.01. The molecule has 3 rings (SSSR count). The van der Waals surface area contributed by atoms with Crippen LogP contribution < -0.4 is 11.1 Å². The second-order valence-electron chi connectivity index (χ2n) is 4.84. The first kappa shape index (κ1) is 15.9. The fourth-order valence-electron chi connectivity index (χ4n) is 2.10. The van der Waals surface area contributed by atoms with E-state index < -0.39 is 17.6 Å². The summed E-state index contributed by atoms with van der Waals surface area (Å²) >= 11 is 1.26. The molecule has 0 saturated carbocycles. The van der Waals surface area contributed by atoms with E-state index in [1.165, 1.54) is 29.5 Å². The van der Waals surface area contributed by atoms with Crippen LogP contribution in [0.3, 0.4) is 0 Å². The third-order valence-corrected chi connectivity index (χ3v) is 4.22. The first-order valence-electron chi connectivity index (χ1n) is 6.97. The number of hydrogen-bond acceptors (Lipinski definition) is 7. The minimum atomic E-state index is -1.13. The number of benzene rings is 1. The Hall–Kier alpha value is -3.01. The van der Waals surface area contributed by atoms with Crippen LogP contribution in [0.15, 0.2) is 27.4 Å². The van der Waals surface area contributed by atoms with Crippen molar-refractivity contribution in [2.75, 3.05) is 5.32 Å². The van der Waals surface area contributed by atoms with Crippen LogP contribution in [0.2, 0.25) is 0 Å². The first-order valence-corrected chi connectivity index (χ1v) is 7.78. The van der Waals surface area contributed by atoms with Gasteiger partial charge >= 0.3 is 11.7 Å². The third-order valence-electron chi connectivity index (χ3n) is 3.23. The van der Waals surface area contributed by atoms with Gasteiger partial charge in [-0.2, -0.15) is 0 Å². The number of hydrogen-bond donors (Lipinski definition) is 2. The van der Waals surface area contributed by atoms with Crippen molar-refractivity contribution in [1.29, 1.82) is 0 Å². The second-order valence-corrected chi connectivity index (χ2v) is 5.91. The number of carbonyl (C=O) groups is 2. The number of aromatic nitrogens is 3. The topological polar surface area (TPSA) is 127 Å². The minimum Gasteiger partial charge on any atom is -0.478 e. The van der Waals surface area contributed by atoms with Crippen molar-refractivity contribution in [1.82, 2.24) is 14.8 Å². The lowest BCUT2D eigenvalue weighted by Gasteiger charge is -2.02. The van der Waals surface area contributed by atoms with Gasteiger partial charge in [-0.3, -0.25) is 14.7 Å². The highest BCUT2D eigenvalue weighted by molar-refractivity contribution is 7.15. The van der Waals surface area contributed by atoms with E-state index in [2.05, 4.69) is 15.5 Å². The average Bonchev–Trinajstić information content (AvgIpc) is 3.11. The highest BCUT2D eigenvalue weighted by Crippen LogP contribution is 2.17. The van der Waals surface area contributed by atoms with Crippen LogP contribution in [0.4, 0.5) is 5.13 Å². The molecule has 2 aromatic heterocycles. The lowest BCUT2D eigenvalue weighted by atomic mass is 10.2. The number of carbonyl (C=O) groups excluding carboxylic acids is 1. The van der Waals surface area contributed by atoms with E-state index in [4.69, 9.17) is 9.52 Å². The summed E-state index contributed by atoms with van der Waals surface area (Å²) < 4.78 is 6.12. The van der Waals surface area contributed by atoms with Crippen molar-refractivity contribution in [3.05, 3.63) is 39.3 Å². The minimum absolute atomic E-state index is 0.00573. The summed E-state index contributed by atoms with van der Waals surface area (Å²) in [6.07, 6.45) is 0.714. The Morgan fingerprint density at radius 3 is 2.83 bits per heavy atom. The first-order chi connectivity index (χ1) is 11.5. The molecule has 0 atom stereocenters. The van der Waals surface area contributed by atoms with Crippen LogP contribution >= 0.6 is 11.3 Å². The molecule has 1 amide bonds. The van der Waals surface area contributed by atoms with E-state index in [9.17, 15) is 14.4 Å². The smallest absolute Gasteiger partial charge is 0.420 e. The summed E-state index contributed by atoms with van der Waals surface area (Å²) in [5, 5.41) is 20.4. The fraction of sp³-hybridized carbons (Fsp3) is 0.214. The summed E-state index contributed by atoms with van der Waals surface area (Å²) in [5.74, 6) is -2.33. The molecule has 0 saturated heterocycles. The number of carboxylic acids is 1. The molecule has 0 aliphatic carbocycles. The van der Waals surface area contributed by atoms with Crippen LogP contribution in [0.25, 0.3) is 11.1 Å². The summed E-state index contributed by atoms with van der Waals surface area (Å²) in [6.45, 7) is 1.65. The molecule has 10 heteroatoms. The van der Waals surface area contributed by atoms with Crippen molar-refractivity contribution in [3.8, 4) is 0 Å². The quantitative estimate of drug-likeness (QED) is 0.712. The molecular formula is C14H12N4O5S. The van der Waals surface area contributed by atoms with E-state index in [-0.39, 0.29) is 17.7 Å². The standard InChI is InChI=1S/C14H12N4O5S/c1-2-11-16-17-13(24-11)15-10(19)6-18-8-4-3-7(12(20)21)5-9(8)23-14(18)22/h3-5H,2,6H2,1H3,(H,20,21)(H,15,17,19). The number of fused-ring (bicyclic) bond motifs is 1.